The average Bonchev–Trinajstić information content (AvgIpc) is 3.19. The zero-order chi connectivity index (χ0) is 20.9. The highest BCUT2D eigenvalue weighted by Crippen LogP contribution is 2.30. The molecular formula is C22H31N5O2S. The quantitative estimate of drug-likeness (QED) is 0.734. The minimum atomic E-state index is -0.0603. The molecule has 7 nitrogen and oxygen atoms in total. The van der Waals surface area contributed by atoms with Gasteiger partial charge in [0.05, 0.1) is 12.6 Å². The number of anilines is 2. The molecular weight excluding hydrogens is 398 g/mol. The average molecular weight is 430 g/mol. The molecule has 2 aliphatic heterocycles. The Kier molecular flexibility index (Phi) is 6.97. The predicted octanol–water partition coefficient (Wildman–Crippen LogP) is 3.14. The number of aliphatic hydroxyl groups excluding tert-OH is 1. The van der Waals surface area contributed by atoms with E-state index in [-0.39, 0.29) is 18.6 Å². The number of rotatable bonds is 6. The number of aromatic nitrogens is 2. The van der Waals surface area contributed by atoms with Crippen LogP contribution < -0.4 is 5.32 Å². The second kappa shape index (κ2) is 9.85. The van der Waals surface area contributed by atoms with Crippen LogP contribution in [0.4, 0.5) is 10.9 Å². The Morgan fingerprint density at radius 3 is 2.80 bits per heavy atom. The molecule has 0 bridgehead atoms. The third-order valence-corrected chi connectivity index (χ3v) is 6.97. The fourth-order valence-corrected chi connectivity index (χ4v) is 5.22. The molecule has 2 aromatic heterocycles. The molecule has 2 aliphatic rings. The summed E-state index contributed by atoms with van der Waals surface area (Å²) < 4.78 is 0. The fraction of sp³-hybridized carbons (Fsp3) is 0.591. The number of nitrogens with zero attached hydrogens (tertiary/aromatic N) is 4. The van der Waals surface area contributed by atoms with Crippen molar-refractivity contribution in [2.75, 3.05) is 38.1 Å². The minimum Gasteiger partial charge on any atom is -0.395 e. The van der Waals surface area contributed by atoms with E-state index in [1.54, 1.807) is 11.3 Å². The highest BCUT2D eigenvalue weighted by molar-refractivity contribution is 7.15. The van der Waals surface area contributed by atoms with Crippen LogP contribution in [-0.4, -0.2) is 69.6 Å². The van der Waals surface area contributed by atoms with E-state index >= 15 is 0 Å². The summed E-state index contributed by atoms with van der Waals surface area (Å²) in [5, 5.41) is 13.5. The number of carbonyl (C=O) groups is 1. The standard InChI is InChI=1S/C22H31N5O2S/c1-16-15-23-22(30-16)25-20-7-4-5-18(24-20)17-8-11-27(12-9-17)21(29)19-6-2-3-10-26(19)13-14-28/h4-5,7,15,17,19,28H,2-3,6,8-14H2,1H3,(H,23,24,25). The van der Waals surface area contributed by atoms with Crippen molar-refractivity contribution in [2.45, 2.75) is 51.0 Å². The lowest BCUT2D eigenvalue weighted by atomic mass is 9.92. The number of amides is 1. The Labute approximate surface area is 182 Å². The van der Waals surface area contributed by atoms with Crippen molar-refractivity contribution >= 4 is 28.2 Å². The van der Waals surface area contributed by atoms with Crippen LogP contribution in [0, 0.1) is 6.92 Å². The Balaban J connectivity index is 1.35. The molecule has 4 rings (SSSR count). The number of likely N-dealkylation sites (tertiary alicyclic amines) is 2. The maximum absolute atomic E-state index is 13.1. The molecule has 2 N–H and O–H groups in total. The molecule has 2 fully saturated rings. The van der Waals surface area contributed by atoms with Gasteiger partial charge in [0.2, 0.25) is 5.91 Å². The normalized spacial score (nSPS) is 21.0. The summed E-state index contributed by atoms with van der Waals surface area (Å²) in [6, 6.07) is 6.04. The SMILES string of the molecule is Cc1cnc(Nc2cccc(C3CCN(C(=O)C4CCCCN4CCO)CC3)n2)s1. The van der Waals surface area contributed by atoms with Crippen molar-refractivity contribution in [1.29, 1.82) is 0 Å². The van der Waals surface area contributed by atoms with E-state index in [2.05, 4.69) is 21.3 Å². The summed E-state index contributed by atoms with van der Waals surface area (Å²) >= 11 is 1.62. The van der Waals surface area contributed by atoms with Crippen LogP contribution in [0.1, 0.15) is 48.6 Å². The summed E-state index contributed by atoms with van der Waals surface area (Å²) in [7, 11) is 0. The maximum Gasteiger partial charge on any atom is 0.239 e. The molecule has 2 aromatic rings. The monoisotopic (exact) mass is 429 g/mol. The first-order valence-corrected chi connectivity index (χ1v) is 11.8. The molecule has 1 amide bonds. The predicted molar refractivity (Wildman–Crippen MR) is 119 cm³/mol. The molecule has 4 heterocycles. The van der Waals surface area contributed by atoms with E-state index in [0.29, 0.717) is 12.5 Å². The lowest BCUT2D eigenvalue weighted by Crippen LogP contribution is -2.53. The van der Waals surface area contributed by atoms with E-state index in [0.717, 1.165) is 68.4 Å². The van der Waals surface area contributed by atoms with Crippen LogP contribution in [-0.2, 0) is 4.79 Å². The zero-order valence-corrected chi connectivity index (χ0v) is 18.4. The fourth-order valence-electron chi connectivity index (χ4n) is 4.54. The first-order valence-electron chi connectivity index (χ1n) is 10.9. The molecule has 1 atom stereocenters. The van der Waals surface area contributed by atoms with Crippen molar-refractivity contribution < 1.29 is 9.90 Å². The number of pyridine rings is 1. The van der Waals surface area contributed by atoms with Gasteiger partial charge in [-0.05, 0) is 51.3 Å². The third kappa shape index (κ3) is 4.99. The molecule has 0 radical (unpaired) electrons. The van der Waals surface area contributed by atoms with Gasteiger partial charge in [-0.25, -0.2) is 9.97 Å². The van der Waals surface area contributed by atoms with Crippen molar-refractivity contribution in [3.63, 3.8) is 0 Å². The van der Waals surface area contributed by atoms with E-state index in [1.807, 2.05) is 30.2 Å². The summed E-state index contributed by atoms with van der Waals surface area (Å²) in [6.45, 7) is 5.21. The Hall–Kier alpha value is -2.03. The highest BCUT2D eigenvalue weighted by atomic mass is 32.1. The highest BCUT2D eigenvalue weighted by Gasteiger charge is 2.33. The maximum atomic E-state index is 13.1. The van der Waals surface area contributed by atoms with Crippen molar-refractivity contribution in [3.8, 4) is 0 Å². The second-order valence-corrected chi connectivity index (χ2v) is 9.45. The van der Waals surface area contributed by atoms with Gasteiger partial charge in [-0.2, -0.15) is 0 Å². The number of nitrogens with one attached hydrogen (secondary N) is 1. The van der Waals surface area contributed by atoms with Crippen LogP contribution in [0.5, 0.6) is 0 Å². The van der Waals surface area contributed by atoms with Gasteiger partial charge in [-0.15, -0.1) is 11.3 Å². The van der Waals surface area contributed by atoms with E-state index in [4.69, 9.17) is 4.98 Å². The van der Waals surface area contributed by atoms with E-state index in [1.165, 1.54) is 4.88 Å². The first-order chi connectivity index (χ1) is 14.6. The number of piperidine rings is 2. The molecule has 0 aliphatic carbocycles. The van der Waals surface area contributed by atoms with E-state index in [9.17, 15) is 9.90 Å². The summed E-state index contributed by atoms with van der Waals surface area (Å²) in [6.07, 6.45) is 6.85. The number of carbonyl (C=O) groups excluding carboxylic acids is 1. The topological polar surface area (TPSA) is 81.6 Å². The van der Waals surface area contributed by atoms with Gasteiger partial charge in [0.15, 0.2) is 5.13 Å². The van der Waals surface area contributed by atoms with Gasteiger partial charge < -0.3 is 15.3 Å². The minimum absolute atomic E-state index is 0.0603. The molecule has 30 heavy (non-hydrogen) atoms. The first kappa shape index (κ1) is 21.2. The van der Waals surface area contributed by atoms with Gasteiger partial charge in [0.25, 0.3) is 0 Å². The lowest BCUT2D eigenvalue weighted by molar-refractivity contribution is -0.139. The summed E-state index contributed by atoms with van der Waals surface area (Å²) in [5.41, 5.74) is 1.08. The van der Waals surface area contributed by atoms with Crippen LogP contribution >= 0.6 is 11.3 Å². The molecule has 8 heteroatoms. The van der Waals surface area contributed by atoms with Gasteiger partial charge >= 0.3 is 0 Å². The summed E-state index contributed by atoms with van der Waals surface area (Å²) in [4.78, 5) is 27.6. The molecule has 0 spiro atoms. The van der Waals surface area contributed by atoms with Crippen LogP contribution in [0.2, 0.25) is 0 Å². The van der Waals surface area contributed by atoms with Crippen molar-refractivity contribution in [1.82, 2.24) is 19.8 Å². The van der Waals surface area contributed by atoms with Gasteiger partial charge in [-0.1, -0.05) is 12.5 Å². The molecule has 0 saturated carbocycles. The second-order valence-electron chi connectivity index (χ2n) is 8.22. The number of aryl methyl sites for hydroxylation is 1. The molecule has 1 unspecified atom stereocenters. The smallest absolute Gasteiger partial charge is 0.239 e. The van der Waals surface area contributed by atoms with Crippen LogP contribution in [0.15, 0.2) is 24.4 Å². The van der Waals surface area contributed by atoms with Gasteiger partial charge in [0.1, 0.15) is 5.82 Å². The van der Waals surface area contributed by atoms with Gasteiger partial charge in [-0.3, -0.25) is 9.69 Å². The van der Waals surface area contributed by atoms with Crippen molar-refractivity contribution in [2.24, 2.45) is 0 Å². The zero-order valence-electron chi connectivity index (χ0n) is 17.6. The third-order valence-electron chi connectivity index (χ3n) is 6.14. The molecule has 0 aromatic carbocycles. The van der Waals surface area contributed by atoms with Crippen LogP contribution in [0.3, 0.4) is 0 Å². The number of thiazole rings is 1. The number of aliphatic hydroxyl groups is 1. The Morgan fingerprint density at radius 2 is 2.07 bits per heavy atom. The molecule has 2 saturated heterocycles. The van der Waals surface area contributed by atoms with E-state index < -0.39 is 0 Å². The van der Waals surface area contributed by atoms with Crippen molar-refractivity contribution in [3.05, 3.63) is 35.0 Å². The Morgan fingerprint density at radius 1 is 1.23 bits per heavy atom. The van der Waals surface area contributed by atoms with Gasteiger partial charge in [0, 0.05) is 42.3 Å². The number of hydrogen-bond donors (Lipinski definition) is 2. The summed E-state index contributed by atoms with van der Waals surface area (Å²) in [5.74, 6) is 1.43. The van der Waals surface area contributed by atoms with Crippen LogP contribution in [0.25, 0.3) is 0 Å². The lowest BCUT2D eigenvalue weighted by Gasteiger charge is -2.39. The largest absolute Gasteiger partial charge is 0.395 e. The Bertz CT molecular complexity index is 848. The molecule has 162 valence electrons. The number of hydrogen-bond acceptors (Lipinski definition) is 7. The number of β-amino-alcohol motifs (C(OH)–C–C–N with tert-alkyl or cyclic N) is 1.